The lowest BCUT2D eigenvalue weighted by Crippen LogP contribution is -2.66. The van der Waals surface area contributed by atoms with Crippen LogP contribution >= 0.6 is 0 Å². The van der Waals surface area contributed by atoms with Crippen LogP contribution in [0.4, 0.5) is 0 Å². The molecule has 12 aliphatic rings. The molecule has 100 heavy (non-hydrogen) atoms. The Kier molecular flexibility index (Phi) is 24.7. The summed E-state index contributed by atoms with van der Waals surface area (Å²) in [6.07, 6.45) is -27.7. The number of rotatable bonds is 18. The number of carbonyl (C=O) groups is 1. The number of allylic oxidation sites excluding steroid dienone is 1. The Hall–Kier alpha value is -2.41. The Morgan fingerprint density at radius 3 is 1.74 bits per heavy atom. The van der Waals surface area contributed by atoms with E-state index in [2.05, 4.69) is 26.8 Å². The van der Waals surface area contributed by atoms with Crippen LogP contribution in [0.3, 0.4) is 0 Å². The lowest BCUT2D eigenvalue weighted by molar-refractivity contribution is -0.388. The van der Waals surface area contributed by atoms with E-state index in [1.807, 2.05) is 6.92 Å². The highest BCUT2D eigenvalue weighted by Gasteiger charge is 2.68. The Morgan fingerprint density at radius 1 is 0.600 bits per heavy atom. The van der Waals surface area contributed by atoms with Gasteiger partial charge in [-0.2, -0.15) is 0 Å². The minimum absolute atomic E-state index is 0.0589. The van der Waals surface area contributed by atoms with E-state index in [0.29, 0.717) is 55.4 Å². The molecule has 0 amide bonds. The zero-order valence-corrected chi connectivity index (χ0v) is 57.8. The van der Waals surface area contributed by atoms with Gasteiger partial charge in [-0.05, 0) is 118 Å². The van der Waals surface area contributed by atoms with Gasteiger partial charge in [-0.25, -0.2) is 4.79 Å². The minimum atomic E-state index is -1.75. The molecule has 10 fully saturated rings. The highest BCUT2D eigenvalue weighted by molar-refractivity contribution is 5.89. The Bertz CT molecular complexity index is 2790. The van der Waals surface area contributed by atoms with Crippen LogP contribution in [0.15, 0.2) is 23.5 Å². The van der Waals surface area contributed by atoms with Crippen molar-refractivity contribution in [3.05, 3.63) is 23.5 Å². The number of carbonyl (C=O) groups excluding carboxylic acids is 1. The van der Waals surface area contributed by atoms with E-state index in [9.17, 15) is 96.7 Å². The van der Waals surface area contributed by atoms with Gasteiger partial charge in [0, 0.05) is 24.2 Å². The number of aliphatic hydroxyl groups excluding tert-OH is 17. The van der Waals surface area contributed by atoms with Gasteiger partial charge in [0.1, 0.15) is 110 Å². The third-order valence-electron chi connectivity index (χ3n) is 25.2. The predicted molar refractivity (Wildman–Crippen MR) is 335 cm³/mol. The molecule has 32 nitrogen and oxygen atoms in total. The van der Waals surface area contributed by atoms with E-state index in [1.165, 1.54) is 32.8 Å². The Balaban J connectivity index is 0.000000311. The summed E-state index contributed by atoms with van der Waals surface area (Å²) in [5, 5.41) is 188. The SMILES string of the molecule is COC(=O)C1=CO[C@@H](O[C@@H]2O[C@H](CO)[C@@H](O)[C@H](O)[C@H]2O)[C@@H]2[C@@H](C)[C@@H](O)C[C@H]12.C[C@H](CC[C@@]1(O)O[C@H]2C[C@H]3[C@@H]4CC=C5C[C@@H](O[C@@H]6O[C@H](CO)[C@@H](O[C@@H]7O[C@@H](C)[C@H](O)[C@@H](O)[C@H]7O)[C@H](O)[C@H]6O[C@@H]6O[C@@H](C)[C@H](O)[C@@H](O)[C@H]6O)CC[C@]5(C)[C@H]4CC[C@]3(C)[C@H]2[C@@H]1C)CO[C@@H]1O[C@H](CO)[C@@H](O)[C@H](O)[C@H]1O. The van der Waals surface area contributed by atoms with E-state index < -0.39 is 210 Å². The molecule has 41 atom stereocenters. The highest BCUT2D eigenvalue weighted by atomic mass is 16.8. The summed E-state index contributed by atoms with van der Waals surface area (Å²) in [7, 11) is 1.25. The van der Waals surface area contributed by atoms with Crippen molar-refractivity contribution < 1.29 is 158 Å². The maximum atomic E-state index is 12.1. The number of fused-ring (bicyclic) bond motifs is 8. The first-order valence-electron chi connectivity index (χ1n) is 35.7. The first kappa shape index (κ1) is 78.7. The van der Waals surface area contributed by atoms with Crippen molar-refractivity contribution in [2.24, 2.45) is 64.1 Å². The third kappa shape index (κ3) is 14.7. The van der Waals surface area contributed by atoms with Crippen molar-refractivity contribution >= 4 is 5.97 Å². The molecule has 7 aliphatic heterocycles. The van der Waals surface area contributed by atoms with Crippen LogP contribution in [-0.2, 0) is 66.4 Å². The lowest BCUT2D eigenvalue weighted by atomic mass is 9.47. The van der Waals surface area contributed by atoms with Gasteiger partial charge >= 0.3 is 5.97 Å². The molecule has 0 aromatic rings. The molecule has 18 N–H and O–H groups in total. The van der Waals surface area contributed by atoms with Gasteiger partial charge in [0.25, 0.3) is 0 Å². The van der Waals surface area contributed by atoms with E-state index >= 15 is 0 Å². The molecule has 0 aromatic carbocycles. The second-order valence-corrected chi connectivity index (χ2v) is 31.1. The first-order chi connectivity index (χ1) is 47.2. The third-order valence-corrected chi connectivity index (χ3v) is 25.2. The maximum absolute atomic E-state index is 12.1. The molecule has 0 unspecified atom stereocenters. The van der Waals surface area contributed by atoms with Crippen LogP contribution in [0.1, 0.15) is 113 Å². The average molecular weight is 1440 g/mol. The molecule has 12 rings (SSSR count). The van der Waals surface area contributed by atoms with Gasteiger partial charge in [0.15, 0.2) is 37.2 Å². The molecule has 0 aromatic heterocycles. The standard InChI is InChI=1S/C51H84O22.C17H26O10/c1-20(19-65-45-39(60)38(59)35(56)30(17-52)69-45)9-14-51(64)21(2)32-29(73-51)16-28-26-8-7-24-15-25(10-12-49(24,5)27(26)11-13-50(28,32)6)68-48-44(72-47-41(62)37(58)34(55)23(4)67-47)42(63)43(31(18-53)70-48)71-46-40(61)36(57)33(54)22(3)66-46;1-6-9(19)3-7-8(15(23)24-2)5-25-16(11(6)7)27-17-14(22)13(21)12(20)10(4-18)26-17/h7,20-23,25-48,52-64H,8-19H2,1-6H3;5-7,9-14,16-22H,3-4H2,1-2H3/t20-,21+,22+,23+,25+,26-,27+,28+,29+,30-,31-,32+,33+,34+,35-,36-,37-,38+,39-,40-,41-,42+,43-,44-,45-,46+,47+,48-,49+,50+,51-;6-,7+,9-,10+,11+,12+,13-,14+,16-,17-/m10/s1. The number of ether oxygens (including phenoxy) is 13. The van der Waals surface area contributed by atoms with E-state index in [-0.39, 0.29) is 53.1 Å². The van der Waals surface area contributed by atoms with Crippen LogP contribution in [0, 0.1) is 64.1 Å². The van der Waals surface area contributed by atoms with Crippen LogP contribution in [0.5, 0.6) is 0 Å². The molecule has 6 saturated heterocycles. The van der Waals surface area contributed by atoms with Gasteiger partial charge in [-0.3, -0.25) is 0 Å². The zero-order valence-electron chi connectivity index (χ0n) is 57.8. The summed E-state index contributed by atoms with van der Waals surface area (Å²) in [5.74, 6) is -1.86. The molecule has 0 radical (unpaired) electrons. The molecule has 5 aliphatic carbocycles. The number of aliphatic hydroxyl groups is 18. The van der Waals surface area contributed by atoms with Gasteiger partial charge in [-0.1, -0.05) is 46.3 Å². The summed E-state index contributed by atoms with van der Waals surface area (Å²) in [6.45, 7) is 11.9. The van der Waals surface area contributed by atoms with Gasteiger partial charge in [-0.15, -0.1) is 0 Å². The largest absolute Gasteiger partial charge is 0.472 e. The highest BCUT2D eigenvalue weighted by Crippen LogP contribution is 2.70. The molecular weight excluding hydrogens is 1330 g/mol. The normalized spacial score (nSPS) is 53.2. The quantitative estimate of drug-likeness (QED) is 0.0458. The average Bonchev–Trinajstić information content (AvgIpc) is 1.50. The van der Waals surface area contributed by atoms with E-state index in [4.69, 9.17) is 61.6 Å². The number of esters is 1. The zero-order chi connectivity index (χ0) is 72.7. The molecule has 32 heteroatoms. The van der Waals surface area contributed by atoms with E-state index in [0.717, 1.165) is 32.1 Å². The van der Waals surface area contributed by atoms with Crippen LogP contribution < -0.4 is 0 Å². The topological polar surface area (TPSA) is 501 Å². The summed E-state index contributed by atoms with van der Waals surface area (Å²) < 4.78 is 76.0. The molecule has 0 bridgehead atoms. The summed E-state index contributed by atoms with van der Waals surface area (Å²) >= 11 is 0. The summed E-state index contributed by atoms with van der Waals surface area (Å²) in [6, 6.07) is 0. The summed E-state index contributed by atoms with van der Waals surface area (Å²) in [4.78, 5) is 12.0. The molecule has 574 valence electrons. The number of hydrogen-bond donors (Lipinski definition) is 18. The van der Waals surface area contributed by atoms with Crippen LogP contribution in [-0.4, -0.2) is 315 Å². The Morgan fingerprint density at radius 2 is 1.15 bits per heavy atom. The van der Waals surface area contributed by atoms with Crippen molar-refractivity contribution in [1.29, 1.82) is 0 Å². The molecule has 4 saturated carbocycles. The first-order valence-corrected chi connectivity index (χ1v) is 35.7. The molecule has 7 heterocycles. The monoisotopic (exact) mass is 1440 g/mol. The van der Waals surface area contributed by atoms with Crippen molar-refractivity contribution in [1.82, 2.24) is 0 Å². The van der Waals surface area contributed by atoms with Crippen molar-refractivity contribution in [2.75, 3.05) is 33.5 Å². The second-order valence-electron chi connectivity index (χ2n) is 31.1. The minimum Gasteiger partial charge on any atom is -0.472 e. The second kappa shape index (κ2) is 31.4. The fraction of sp³-hybridized carbons (Fsp3) is 0.926. The van der Waals surface area contributed by atoms with Gasteiger partial charge < -0.3 is 153 Å². The molecular formula is C68H110O32. The lowest BCUT2D eigenvalue weighted by Gasteiger charge is -2.58. The smallest absolute Gasteiger partial charge is 0.337 e. The van der Waals surface area contributed by atoms with Crippen molar-refractivity contribution in [3.63, 3.8) is 0 Å². The maximum Gasteiger partial charge on any atom is 0.337 e. The predicted octanol–water partition coefficient (Wildman–Crippen LogP) is -4.13. The van der Waals surface area contributed by atoms with E-state index in [1.54, 1.807) is 6.92 Å². The van der Waals surface area contributed by atoms with Gasteiger partial charge in [0.2, 0.25) is 6.29 Å². The summed E-state index contributed by atoms with van der Waals surface area (Å²) in [5.41, 5.74) is 1.36. The van der Waals surface area contributed by atoms with Crippen LogP contribution in [0.25, 0.3) is 0 Å². The number of hydrogen-bond acceptors (Lipinski definition) is 32. The van der Waals surface area contributed by atoms with Crippen molar-refractivity contribution in [2.45, 2.75) is 297 Å². The molecule has 0 spiro atoms. The fourth-order valence-corrected chi connectivity index (χ4v) is 19.0. The van der Waals surface area contributed by atoms with Crippen LogP contribution in [0.2, 0.25) is 0 Å². The Labute approximate surface area is 580 Å². The number of methoxy groups -OCH3 is 1. The van der Waals surface area contributed by atoms with Crippen molar-refractivity contribution in [3.8, 4) is 0 Å². The fourth-order valence-electron chi connectivity index (χ4n) is 19.0. The van der Waals surface area contributed by atoms with Gasteiger partial charge in [0.05, 0.1) is 75.9 Å².